The standard InChI is InChI=1S/C20H24F3N3OS/c1-14-17(19(27)25-8-10-28-20(21,22)23)4-3-16-6-9-26(2,13-18(14)16)12-15-5-7-24-11-15/h3-4,9,13,15,24H,5,7-8,10-12H2,1-2H3/p+1. The van der Waals surface area contributed by atoms with Crippen molar-refractivity contribution in [3.05, 3.63) is 39.9 Å². The first kappa shape index (κ1) is 21.0. The van der Waals surface area contributed by atoms with E-state index in [9.17, 15) is 18.0 Å². The summed E-state index contributed by atoms with van der Waals surface area (Å²) in [6.07, 6.45) is 5.35. The second-order valence-corrected chi connectivity index (χ2v) is 8.70. The minimum atomic E-state index is -4.28. The number of thioether (sulfide) groups is 1. The van der Waals surface area contributed by atoms with E-state index < -0.39 is 5.51 Å². The van der Waals surface area contributed by atoms with Gasteiger partial charge in [0.1, 0.15) is 12.4 Å². The molecule has 4 nitrogen and oxygen atoms in total. The number of fused-ring (bicyclic) bond motifs is 1. The van der Waals surface area contributed by atoms with Crippen LogP contribution < -0.4 is 21.1 Å². The van der Waals surface area contributed by atoms with E-state index >= 15 is 0 Å². The van der Waals surface area contributed by atoms with Crippen LogP contribution in [0.25, 0.3) is 11.9 Å². The SMILES string of the molecule is Cc1c(C(=O)NCCSC(F)(F)F)ccc2c1=C[N+](C)(CC1CCNC1)C=C=2. The van der Waals surface area contributed by atoms with Gasteiger partial charge in [0, 0.05) is 40.8 Å². The van der Waals surface area contributed by atoms with Gasteiger partial charge in [-0.15, -0.1) is 0 Å². The lowest BCUT2D eigenvalue weighted by Gasteiger charge is -2.29. The number of amides is 1. The van der Waals surface area contributed by atoms with Crippen molar-refractivity contribution in [2.75, 3.05) is 39.0 Å². The summed E-state index contributed by atoms with van der Waals surface area (Å²) >= 11 is -0.130. The number of hydrogen-bond acceptors (Lipinski definition) is 3. The minimum absolute atomic E-state index is 0.0300. The molecule has 1 amide bonds. The Morgan fingerprint density at radius 2 is 2.21 bits per heavy atom. The molecular weight excluding hydrogens is 387 g/mol. The highest BCUT2D eigenvalue weighted by Crippen LogP contribution is 2.29. The number of benzene rings is 1. The monoisotopic (exact) mass is 412 g/mol. The first-order chi connectivity index (χ1) is 13.2. The van der Waals surface area contributed by atoms with Crippen molar-refractivity contribution in [3.8, 4) is 0 Å². The van der Waals surface area contributed by atoms with Gasteiger partial charge in [-0.3, -0.25) is 9.28 Å². The van der Waals surface area contributed by atoms with Crippen LogP contribution in [0.1, 0.15) is 22.3 Å². The Kier molecular flexibility index (Phi) is 6.25. The molecule has 2 heterocycles. The van der Waals surface area contributed by atoms with Gasteiger partial charge in [0.15, 0.2) is 0 Å². The van der Waals surface area contributed by atoms with Crippen LogP contribution in [-0.2, 0) is 0 Å². The Bertz CT molecular complexity index is 902. The highest BCUT2D eigenvalue weighted by atomic mass is 32.2. The van der Waals surface area contributed by atoms with Crippen LogP contribution in [0.3, 0.4) is 0 Å². The van der Waals surface area contributed by atoms with Crippen molar-refractivity contribution in [3.63, 3.8) is 0 Å². The second kappa shape index (κ2) is 8.33. The number of nitrogens with zero attached hydrogens (tertiary/aromatic N) is 1. The molecule has 0 aromatic heterocycles. The smallest absolute Gasteiger partial charge is 0.351 e. The maximum Gasteiger partial charge on any atom is 0.441 e. The largest absolute Gasteiger partial charge is 0.441 e. The van der Waals surface area contributed by atoms with E-state index in [2.05, 4.69) is 29.6 Å². The van der Waals surface area contributed by atoms with Crippen LogP contribution in [0.4, 0.5) is 13.2 Å². The molecule has 2 atom stereocenters. The predicted molar refractivity (Wildman–Crippen MR) is 106 cm³/mol. The van der Waals surface area contributed by atoms with Gasteiger partial charge in [-0.05, 0) is 49.3 Å². The topological polar surface area (TPSA) is 41.1 Å². The zero-order chi connectivity index (χ0) is 20.4. The molecule has 0 spiro atoms. The summed E-state index contributed by atoms with van der Waals surface area (Å²) in [4.78, 5) is 12.5. The van der Waals surface area contributed by atoms with Gasteiger partial charge >= 0.3 is 5.51 Å². The quantitative estimate of drug-likeness (QED) is 0.552. The summed E-state index contributed by atoms with van der Waals surface area (Å²) < 4.78 is 37.2. The Morgan fingerprint density at radius 3 is 2.89 bits per heavy atom. The van der Waals surface area contributed by atoms with E-state index in [-0.39, 0.29) is 30.0 Å². The molecule has 0 saturated carbocycles. The van der Waals surface area contributed by atoms with E-state index in [1.165, 1.54) is 0 Å². The second-order valence-electron chi connectivity index (χ2n) is 7.54. The Balaban J connectivity index is 1.77. The van der Waals surface area contributed by atoms with Gasteiger partial charge in [0.2, 0.25) is 0 Å². The number of halogens is 3. The summed E-state index contributed by atoms with van der Waals surface area (Å²) in [7, 11) is 2.12. The third-order valence-electron chi connectivity index (χ3n) is 5.17. The zero-order valence-corrected chi connectivity index (χ0v) is 16.8. The summed E-state index contributed by atoms with van der Waals surface area (Å²) in [5.41, 5.74) is 0.379. The number of rotatable bonds is 6. The fourth-order valence-electron chi connectivity index (χ4n) is 3.77. The predicted octanol–water partition coefficient (Wildman–Crippen LogP) is 1.68. The highest BCUT2D eigenvalue weighted by Gasteiger charge is 2.28. The van der Waals surface area contributed by atoms with Gasteiger partial charge < -0.3 is 10.6 Å². The molecule has 2 unspecified atom stereocenters. The van der Waals surface area contributed by atoms with Gasteiger partial charge in [-0.1, -0.05) is 5.73 Å². The van der Waals surface area contributed by atoms with E-state index in [1.54, 1.807) is 6.07 Å². The number of quaternary nitrogens is 1. The molecule has 1 aromatic rings. The van der Waals surface area contributed by atoms with Crippen LogP contribution in [0.5, 0.6) is 0 Å². The molecule has 1 fully saturated rings. The van der Waals surface area contributed by atoms with Gasteiger partial charge in [0.25, 0.3) is 5.91 Å². The van der Waals surface area contributed by atoms with Gasteiger partial charge in [0.05, 0.1) is 13.6 Å². The maximum absolute atomic E-state index is 12.5. The van der Waals surface area contributed by atoms with Crippen LogP contribution >= 0.6 is 11.8 Å². The molecule has 8 heteroatoms. The Hall–Kier alpha value is -1.73. The molecule has 2 N–H and O–H groups in total. The number of alkyl halides is 3. The van der Waals surface area contributed by atoms with Gasteiger partial charge in [-0.2, -0.15) is 13.2 Å². The molecule has 28 heavy (non-hydrogen) atoms. The first-order valence-corrected chi connectivity index (χ1v) is 10.3. The molecule has 0 radical (unpaired) electrons. The van der Waals surface area contributed by atoms with Crippen molar-refractivity contribution in [2.24, 2.45) is 5.92 Å². The average molecular weight is 413 g/mol. The van der Waals surface area contributed by atoms with Crippen LogP contribution in [0, 0.1) is 12.8 Å². The molecule has 1 aromatic carbocycles. The zero-order valence-electron chi connectivity index (χ0n) is 16.0. The van der Waals surface area contributed by atoms with E-state index in [0.717, 1.165) is 42.1 Å². The van der Waals surface area contributed by atoms with Gasteiger partial charge in [-0.25, -0.2) is 0 Å². The molecule has 2 aliphatic heterocycles. The number of nitrogens with one attached hydrogen (secondary N) is 2. The average Bonchev–Trinajstić information content (AvgIpc) is 3.11. The lowest BCUT2D eigenvalue weighted by atomic mass is 10.0. The van der Waals surface area contributed by atoms with Crippen LogP contribution in [0.15, 0.2) is 18.3 Å². The van der Waals surface area contributed by atoms with E-state index in [0.29, 0.717) is 16.0 Å². The molecule has 2 aliphatic rings. The first-order valence-electron chi connectivity index (χ1n) is 9.32. The van der Waals surface area contributed by atoms with Crippen molar-refractivity contribution < 1.29 is 22.4 Å². The molecule has 0 bridgehead atoms. The molecular formula is C20H25F3N3OS+. The summed E-state index contributed by atoms with van der Waals surface area (Å²) in [5, 5.41) is 7.87. The van der Waals surface area contributed by atoms with Crippen LogP contribution in [-0.4, -0.2) is 54.9 Å². The molecule has 0 aliphatic carbocycles. The summed E-state index contributed by atoms with van der Waals surface area (Å²) in [6.45, 7) is 4.87. The summed E-state index contributed by atoms with van der Waals surface area (Å²) in [5.74, 6) is 0.0469. The van der Waals surface area contributed by atoms with Crippen molar-refractivity contribution >= 4 is 29.6 Å². The lowest BCUT2D eigenvalue weighted by Crippen LogP contribution is -2.45. The molecule has 152 valence electrons. The van der Waals surface area contributed by atoms with Crippen molar-refractivity contribution in [2.45, 2.75) is 18.9 Å². The summed E-state index contributed by atoms with van der Waals surface area (Å²) in [6, 6.07) is 3.56. The fourth-order valence-corrected chi connectivity index (χ4v) is 4.21. The minimum Gasteiger partial charge on any atom is -0.351 e. The fraction of sp³-hybridized carbons (Fsp3) is 0.500. The third kappa shape index (κ3) is 5.20. The van der Waals surface area contributed by atoms with Crippen molar-refractivity contribution in [1.82, 2.24) is 10.6 Å². The maximum atomic E-state index is 12.5. The third-order valence-corrected chi connectivity index (χ3v) is 5.90. The number of carbonyl (C=O) groups excluding carboxylic acids is 1. The normalized spacial score (nSPS) is 23.7. The number of carbonyl (C=O) groups is 1. The Morgan fingerprint density at radius 1 is 1.43 bits per heavy atom. The highest BCUT2D eigenvalue weighted by molar-refractivity contribution is 8.00. The van der Waals surface area contributed by atoms with E-state index in [4.69, 9.17) is 0 Å². The Labute approximate surface area is 166 Å². The van der Waals surface area contributed by atoms with E-state index in [1.807, 2.05) is 19.2 Å². The van der Waals surface area contributed by atoms with Crippen molar-refractivity contribution in [1.29, 1.82) is 0 Å². The molecule has 3 rings (SSSR count). The van der Waals surface area contributed by atoms with Crippen LogP contribution in [0.2, 0.25) is 0 Å². The lowest BCUT2D eigenvalue weighted by molar-refractivity contribution is -0.781. The number of hydrogen-bond donors (Lipinski definition) is 2. The molecule has 1 saturated heterocycles.